The van der Waals surface area contributed by atoms with Gasteiger partial charge in [0, 0.05) is 12.3 Å². The lowest BCUT2D eigenvalue weighted by Crippen LogP contribution is -2.51. The molecule has 0 aromatic heterocycles. The van der Waals surface area contributed by atoms with Gasteiger partial charge in [-0.25, -0.2) is 4.79 Å². The molecule has 0 saturated heterocycles. The molecule has 180 valence electrons. The molecule has 2 atom stereocenters. The monoisotopic (exact) mass is 474 g/mol. The van der Waals surface area contributed by atoms with Gasteiger partial charge in [0.1, 0.15) is 24.4 Å². The molecule has 4 rings (SSSR count). The number of benzene rings is 3. The summed E-state index contributed by atoms with van der Waals surface area (Å²) in [6, 6.07) is 19.9. The molecule has 35 heavy (non-hydrogen) atoms. The van der Waals surface area contributed by atoms with Crippen LogP contribution in [0.4, 0.5) is 4.79 Å². The minimum absolute atomic E-state index is 0.0683. The molecule has 1 aliphatic carbocycles. The van der Waals surface area contributed by atoms with E-state index in [0.717, 1.165) is 22.3 Å². The Morgan fingerprint density at radius 1 is 0.886 bits per heavy atom. The number of amides is 2. The number of hydrogen-bond acceptors (Lipinski definition) is 5. The highest BCUT2D eigenvalue weighted by Crippen LogP contribution is 2.44. The summed E-state index contributed by atoms with van der Waals surface area (Å²) in [6.07, 6.45) is -0.698. The van der Waals surface area contributed by atoms with E-state index in [0.29, 0.717) is 5.56 Å². The van der Waals surface area contributed by atoms with Crippen molar-refractivity contribution in [3.05, 3.63) is 89.5 Å². The van der Waals surface area contributed by atoms with Crippen LogP contribution in [-0.2, 0) is 20.7 Å². The van der Waals surface area contributed by atoms with E-state index in [9.17, 15) is 19.5 Å². The molecule has 8 heteroatoms. The molecule has 0 spiro atoms. The fourth-order valence-corrected chi connectivity index (χ4v) is 4.24. The SMILES string of the molecule is CC(NC(=O)[C@H](Cc1ccc(O)cc1)NC(=O)OCC1c2ccccc2-c2ccccc21)C(=O)O. The molecule has 3 aromatic carbocycles. The number of carboxylic acids is 1. The summed E-state index contributed by atoms with van der Waals surface area (Å²) in [5, 5.41) is 23.6. The van der Waals surface area contributed by atoms with Gasteiger partial charge < -0.3 is 25.6 Å². The van der Waals surface area contributed by atoms with Gasteiger partial charge in [-0.2, -0.15) is 0 Å². The van der Waals surface area contributed by atoms with Crippen molar-refractivity contribution < 1.29 is 29.3 Å². The molecule has 1 unspecified atom stereocenters. The second kappa shape index (κ2) is 10.3. The summed E-state index contributed by atoms with van der Waals surface area (Å²) in [5.41, 5.74) is 5.00. The molecule has 3 aromatic rings. The number of alkyl carbamates (subject to hydrolysis) is 1. The first-order chi connectivity index (χ1) is 16.8. The molecule has 0 heterocycles. The van der Waals surface area contributed by atoms with E-state index in [1.54, 1.807) is 12.1 Å². The second-order valence-corrected chi connectivity index (χ2v) is 8.46. The maximum Gasteiger partial charge on any atom is 0.407 e. The van der Waals surface area contributed by atoms with Crippen LogP contribution < -0.4 is 10.6 Å². The third-order valence-electron chi connectivity index (χ3n) is 6.06. The summed E-state index contributed by atoms with van der Waals surface area (Å²) in [7, 11) is 0. The zero-order chi connectivity index (χ0) is 24.9. The minimum atomic E-state index is -1.19. The van der Waals surface area contributed by atoms with Gasteiger partial charge in [0.15, 0.2) is 0 Å². The van der Waals surface area contributed by atoms with Crippen molar-refractivity contribution in [2.24, 2.45) is 0 Å². The summed E-state index contributed by atoms with van der Waals surface area (Å²) >= 11 is 0. The third-order valence-corrected chi connectivity index (χ3v) is 6.06. The second-order valence-electron chi connectivity index (χ2n) is 8.46. The van der Waals surface area contributed by atoms with Crippen LogP contribution in [-0.4, -0.2) is 46.9 Å². The van der Waals surface area contributed by atoms with Crippen LogP contribution >= 0.6 is 0 Å². The van der Waals surface area contributed by atoms with E-state index in [2.05, 4.69) is 10.6 Å². The van der Waals surface area contributed by atoms with Crippen molar-refractivity contribution in [3.8, 4) is 16.9 Å². The van der Waals surface area contributed by atoms with Gasteiger partial charge in [-0.1, -0.05) is 60.7 Å². The fourth-order valence-electron chi connectivity index (χ4n) is 4.24. The van der Waals surface area contributed by atoms with Gasteiger partial charge in [-0.3, -0.25) is 9.59 Å². The maximum absolute atomic E-state index is 12.8. The lowest BCUT2D eigenvalue weighted by molar-refractivity contribution is -0.141. The largest absolute Gasteiger partial charge is 0.508 e. The molecule has 0 radical (unpaired) electrons. The van der Waals surface area contributed by atoms with Gasteiger partial charge in [0.2, 0.25) is 5.91 Å². The standard InChI is InChI=1S/C27H26N2O6/c1-16(26(32)33)28-25(31)24(14-17-10-12-18(30)13-11-17)29-27(34)35-15-23-21-8-4-2-6-19(21)20-7-3-5-9-22(20)23/h2-13,16,23-24,30H,14-15H2,1H3,(H,28,31)(H,29,34)(H,32,33)/t16?,24-/m0/s1. The first-order valence-corrected chi connectivity index (χ1v) is 11.3. The number of nitrogens with one attached hydrogen (secondary N) is 2. The van der Waals surface area contributed by atoms with E-state index in [4.69, 9.17) is 9.84 Å². The highest BCUT2D eigenvalue weighted by Gasteiger charge is 2.30. The highest BCUT2D eigenvalue weighted by atomic mass is 16.5. The number of carbonyl (C=O) groups is 3. The Hall–Kier alpha value is -4.33. The molecule has 0 saturated carbocycles. The van der Waals surface area contributed by atoms with Crippen molar-refractivity contribution in [1.82, 2.24) is 10.6 Å². The van der Waals surface area contributed by atoms with Gasteiger partial charge in [-0.05, 0) is 46.9 Å². The average Bonchev–Trinajstić information content (AvgIpc) is 3.17. The molecule has 1 aliphatic rings. The number of aromatic hydroxyl groups is 1. The van der Waals surface area contributed by atoms with Crippen LogP contribution in [0.1, 0.15) is 29.5 Å². The fraction of sp³-hybridized carbons (Fsp3) is 0.222. The van der Waals surface area contributed by atoms with E-state index < -0.39 is 30.1 Å². The lowest BCUT2D eigenvalue weighted by atomic mass is 9.98. The smallest absolute Gasteiger partial charge is 0.407 e. The number of carboxylic acid groups (broad SMARTS) is 1. The van der Waals surface area contributed by atoms with Crippen LogP contribution in [0.25, 0.3) is 11.1 Å². The van der Waals surface area contributed by atoms with E-state index in [1.165, 1.54) is 19.1 Å². The molecule has 4 N–H and O–H groups in total. The summed E-state index contributed by atoms with van der Waals surface area (Å²) < 4.78 is 5.54. The topological polar surface area (TPSA) is 125 Å². The van der Waals surface area contributed by atoms with Gasteiger partial charge in [-0.15, -0.1) is 0 Å². The number of phenols is 1. The number of phenolic OH excluding ortho intramolecular Hbond substituents is 1. The zero-order valence-corrected chi connectivity index (χ0v) is 19.1. The predicted molar refractivity (Wildman–Crippen MR) is 129 cm³/mol. The Morgan fingerprint density at radius 2 is 1.46 bits per heavy atom. The Kier molecular flexibility index (Phi) is 7.01. The van der Waals surface area contributed by atoms with Crippen molar-refractivity contribution in [2.75, 3.05) is 6.61 Å². The predicted octanol–water partition coefficient (Wildman–Crippen LogP) is 3.43. The summed E-state index contributed by atoms with van der Waals surface area (Å²) in [4.78, 5) is 36.7. The first-order valence-electron chi connectivity index (χ1n) is 11.3. The molecule has 0 fully saturated rings. The summed E-state index contributed by atoms with van der Waals surface area (Å²) in [6.45, 7) is 1.42. The van der Waals surface area contributed by atoms with Crippen LogP contribution in [0.5, 0.6) is 5.75 Å². The van der Waals surface area contributed by atoms with Crippen LogP contribution in [0.2, 0.25) is 0 Å². The molecule has 0 aliphatic heterocycles. The number of rotatable bonds is 8. The van der Waals surface area contributed by atoms with Gasteiger partial charge in [0.05, 0.1) is 0 Å². The normalized spacial score (nSPS) is 13.7. The Morgan fingerprint density at radius 3 is 2.03 bits per heavy atom. The minimum Gasteiger partial charge on any atom is -0.508 e. The van der Waals surface area contributed by atoms with Crippen molar-refractivity contribution in [2.45, 2.75) is 31.3 Å². The van der Waals surface area contributed by atoms with E-state index in [-0.39, 0.29) is 24.7 Å². The Balaban J connectivity index is 1.46. The van der Waals surface area contributed by atoms with Crippen molar-refractivity contribution >= 4 is 18.0 Å². The number of aliphatic carboxylic acids is 1. The Labute approximate surface area is 202 Å². The molecule has 0 bridgehead atoms. The highest BCUT2D eigenvalue weighted by molar-refractivity contribution is 5.89. The van der Waals surface area contributed by atoms with Crippen molar-refractivity contribution in [1.29, 1.82) is 0 Å². The number of ether oxygens (including phenoxy) is 1. The summed E-state index contributed by atoms with van der Waals surface area (Å²) in [5.74, 6) is -1.91. The number of fused-ring (bicyclic) bond motifs is 3. The molecule has 8 nitrogen and oxygen atoms in total. The number of carbonyl (C=O) groups excluding carboxylic acids is 2. The quantitative estimate of drug-likeness (QED) is 0.396. The lowest BCUT2D eigenvalue weighted by Gasteiger charge is -2.21. The van der Waals surface area contributed by atoms with Crippen molar-refractivity contribution in [3.63, 3.8) is 0 Å². The van der Waals surface area contributed by atoms with Crippen LogP contribution in [0.3, 0.4) is 0 Å². The van der Waals surface area contributed by atoms with Gasteiger partial charge >= 0.3 is 12.1 Å². The zero-order valence-electron chi connectivity index (χ0n) is 19.1. The molecule has 2 amide bonds. The van der Waals surface area contributed by atoms with E-state index >= 15 is 0 Å². The average molecular weight is 475 g/mol. The van der Waals surface area contributed by atoms with Gasteiger partial charge in [0.25, 0.3) is 0 Å². The Bertz CT molecular complexity index is 1190. The third kappa shape index (κ3) is 5.43. The van der Waals surface area contributed by atoms with Crippen LogP contribution in [0, 0.1) is 0 Å². The molecular weight excluding hydrogens is 448 g/mol. The van der Waals surface area contributed by atoms with E-state index in [1.807, 2.05) is 48.5 Å². The maximum atomic E-state index is 12.8. The van der Waals surface area contributed by atoms with Crippen LogP contribution in [0.15, 0.2) is 72.8 Å². The number of hydrogen-bond donors (Lipinski definition) is 4. The molecular formula is C27H26N2O6. The first kappa shape index (κ1) is 23.8.